The number of ether oxygens (including phenoxy) is 1. The number of nitrogens with zero attached hydrogens (tertiary/aromatic N) is 2. The summed E-state index contributed by atoms with van der Waals surface area (Å²) >= 11 is 0. The van der Waals surface area contributed by atoms with Crippen LogP contribution in [-0.2, 0) is 14.4 Å². The molecular weight excluding hydrogens is 473 g/mol. The first-order chi connectivity index (χ1) is 16.5. The van der Waals surface area contributed by atoms with Crippen molar-refractivity contribution in [3.8, 4) is 5.75 Å². The van der Waals surface area contributed by atoms with Crippen molar-refractivity contribution in [3.63, 3.8) is 0 Å². The number of alkyl halides is 3. The molecule has 1 aromatic heterocycles. The molecule has 4 rings (SSSR count). The topological polar surface area (TPSA) is 160 Å². The Labute approximate surface area is 195 Å². The average molecular weight is 494 g/mol. The van der Waals surface area contributed by atoms with Gasteiger partial charge in [-0.05, 0) is 25.0 Å². The van der Waals surface area contributed by atoms with E-state index in [9.17, 15) is 32.3 Å². The predicted octanol–water partition coefficient (Wildman–Crippen LogP) is 1.43. The largest absolute Gasteiger partial charge is 0.573 e. The molecule has 0 saturated carbocycles. The van der Waals surface area contributed by atoms with E-state index in [2.05, 4.69) is 25.3 Å². The van der Waals surface area contributed by atoms with E-state index in [-0.39, 0.29) is 35.4 Å². The highest BCUT2D eigenvalue weighted by Gasteiger charge is 2.36. The Hall–Kier alpha value is -4.10. The summed E-state index contributed by atoms with van der Waals surface area (Å²) in [4.78, 5) is 58.1. The van der Waals surface area contributed by atoms with E-state index < -0.39 is 41.3 Å². The van der Waals surface area contributed by atoms with Gasteiger partial charge in [-0.3, -0.25) is 24.2 Å². The van der Waals surface area contributed by atoms with Crippen LogP contribution in [0, 0.1) is 5.92 Å². The van der Waals surface area contributed by atoms with E-state index in [1.807, 2.05) is 0 Å². The third kappa shape index (κ3) is 5.53. The van der Waals surface area contributed by atoms with Crippen LogP contribution in [-0.4, -0.2) is 47.1 Å². The molecule has 3 heterocycles. The molecule has 1 atom stereocenters. The molecule has 3 amide bonds. The van der Waals surface area contributed by atoms with E-state index >= 15 is 0 Å². The number of primary amides is 1. The summed E-state index contributed by atoms with van der Waals surface area (Å²) in [6.45, 7) is 0.813. The molecule has 1 saturated heterocycles. The van der Waals surface area contributed by atoms with Gasteiger partial charge in [0.1, 0.15) is 11.6 Å². The number of rotatable bonds is 5. The predicted molar refractivity (Wildman–Crippen MR) is 117 cm³/mol. The van der Waals surface area contributed by atoms with Crippen molar-refractivity contribution < 1.29 is 32.3 Å². The third-order valence-corrected chi connectivity index (χ3v) is 5.79. The second kappa shape index (κ2) is 9.27. The van der Waals surface area contributed by atoms with Gasteiger partial charge in [0.25, 0.3) is 5.56 Å². The smallest absolute Gasteiger partial charge is 0.406 e. The van der Waals surface area contributed by atoms with Crippen LogP contribution in [0.2, 0.25) is 0 Å². The number of carbonyl (C=O) groups is 3. The van der Waals surface area contributed by atoms with Gasteiger partial charge in [-0.15, -0.1) is 13.2 Å². The van der Waals surface area contributed by atoms with Gasteiger partial charge in [-0.2, -0.15) is 4.98 Å². The lowest BCUT2D eigenvalue weighted by atomic mass is 9.92. The first-order valence-electron chi connectivity index (χ1n) is 10.6. The second-order valence-corrected chi connectivity index (χ2v) is 8.19. The molecular formula is C21H21F3N6O5. The third-order valence-electron chi connectivity index (χ3n) is 5.79. The molecule has 1 fully saturated rings. The van der Waals surface area contributed by atoms with Gasteiger partial charge in [-0.25, -0.2) is 0 Å². The first kappa shape index (κ1) is 24.0. The normalized spacial score (nSPS) is 18.4. The zero-order valence-electron chi connectivity index (χ0n) is 18.1. The Morgan fingerprint density at radius 3 is 2.57 bits per heavy atom. The number of hydrogen-bond donors (Lipinski definition) is 4. The van der Waals surface area contributed by atoms with Crippen molar-refractivity contribution in [2.75, 3.05) is 28.6 Å². The van der Waals surface area contributed by atoms with Crippen molar-refractivity contribution in [1.82, 2.24) is 9.97 Å². The lowest BCUT2D eigenvalue weighted by molar-refractivity contribution is -0.274. The fraction of sp³-hybridized carbons (Fsp3) is 0.381. The molecule has 2 aromatic rings. The molecule has 2 aliphatic rings. The van der Waals surface area contributed by atoms with Crippen LogP contribution in [0.3, 0.4) is 0 Å². The molecule has 11 nitrogen and oxygen atoms in total. The van der Waals surface area contributed by atoms with Crippen LogP contribution in [0.4, 0.5) is 30.6 Å². The molecule has 1 unspecified atom stereocenters. The average Bonchev–Trinajstić information content (AvgIpc) is 2.77. The Morgan fingerprint density at radius 2 is 1.91 bits per heavy atom. The summed E-state index contributed by atoms with van der Waals surface area (Å²) in [7, 11) is 0. The van der Waals surface area contributed by atoms with Gasteiger partial charge in [-0.1, -0.05) is 6.07 Å². The molecule has 0 bridgehead atoms. The number of anilines is 3. The number of benzene rings is 1. The highest BCUT2D eigenvalue weighted by Crippen LogP contribution is 2.32. The summed E-state index contributed by atoms with van der Waals surface area (Å²) in [5.74, 6) is -3.66. The number of aromatic nitrogens is 2. The van der Waals surface area contributed by atoms with Gasteiger partial charge in [0.2, 0.25) is 23.7 Å². The maximum Gasteiger partial charge on any atom is 0.573 e. The first-order valence-corrected chi connectivity index (χ1v) is 10.6. The van der Waals surface area contributed by atoms with Crippen LogP contribution < -0.4 is 31.6 Å². The summed E-state index contributed by atoms with van der Waals surface area (Å²) in [6, 6.07) is 4.62. The minimum atomic E-state index is -4.91. The lowest BCUT2D eigenvalue weighted by Crippen LogP contribution is -2.41. The van der Waals surface area contributed by atoms with Gasteiger partial charge in [0.05, 0.1) is 11.5 Å². The molecule has 0 radical (unpaired) electrons. The van der Waals surface area contributed by atoms with E-state index in [1.165, 1.54) is 12.1 Å². The molecule has 5 N–H and O–H groups in total. The molecule has 0 spiro atoms. The maximum absolute atomic E-state index is 12.9. The van der Waals surface area contributed by atoms with Crippen LogP contribution in [0.15, 0.2) is 29.1 Å². The molecule has 0 aliphatic carbocycles. The van der Waals surface area contributed by atoms with E-state index in [0.717, 1.165) is 12.1 Å². The van der Waals surface area contributed by atoms with E-state index in [4.69, 9.17) is 5.73 Å². The second-order valence-electron chi connectivity index (χ2n) is 8.19. The number of nitrogens with two attached hydrogens (primary N) is 1. The Bertz CT molecular complexity index is 1220. The van der Waals surface area contributed by atoms with Crippen LogP contribution in [0.25, 0.3) is 0 Å². The molecule has 2 aliphatic heterocycles. The lowest BCUT2D eigenvalue weighted by Gasteiger charge is -2.32. The van der Waals surface area contributed by atoms with Crippen molar-refractivity contribution in [3.05, 3.63) is 40.2 Å². The van der Waals surface area contributed by atoms with Gasteiger partial charge < -0.3 is 26.0 Å². The number of hydrogen-bond acceptors (Lipinski definition) is 7. The molecule has 14 heteroatoms. The number of amides is 3. The quantitative estimate of drug-likeness (QED) is 0.489. The van der Waals surface area contributed by atoms with Gasteiger partial charge in [0, 0.05) is 37.2 Å². The number of halogens is 3. The van der Waals surface area contributed by atoms with Gasteiger partial charge >= 0.3 is 6.36 Å². The molecule has 186 valence electrons. The SMILES string of the molecule is NC(=O)C1CCN(c2nc3c(c(=O)[nH]2)C(C(=O)Nc2cccc(OC(F)(F)F)c2)CC(=O)N3)CC1. The number of fused-ring (bicyclic) bond motifs is 1. The Balaban J connectivity index is 1.55. The number of carbonyl (C=O) groups excluding carboxylic acids is 3. The summed E-state index contributed by atoms with van der Waals surface area (Å²) in [5.41, 5.74) is 4.62. The molecule has 1 aromatic carbocycles. The van der Waals surface area contributed by atoms with Gasteiger partial charge in [0.15, 0.2) is 0 Å². The Kier molecular flexibility index (Phi) is 6.37. The number of aromatic amines is 1. The zero-order chi connectivity index (χ0) is 25.3. The minimum Gasteiger partial charge on any atom is -0.406 e. The fourth-order valence-corrected chi connectivity index (χ4v) is 4.11. The van der Waals surface area contributed by atoms with Crippen molar-refractivity contribution in [2.45, 2.75) is 31.5 Å². The Morgan fingerprint density at radius 1 is 1.20 bits per heavy atom. The van der Waals surface area contributed by atoms with E-state index in [1.54, 1.807) is 4.90 Å². The number of nitrogens with one attached hydrogen (secondary N) is 3. The van der Waals surface area contributed by atoms with Crippen LogP contribution >= 0.6 is 0 Å². The standard InChI is InChI=1S/C21H21F3N6O5/c22-21(23,24)35-12-3-1-2-11(8-12)26-18(33)13-9-14(31)27-17-15(13)19(34)29-20(28-17)30-6-4-10(5-7-30)16(25)32/h1-3,8,10,13H,4-7,9H2,(H2,25,32)(H,26,33)(H2,27,28,29,31,34). The summed E-state index contributed by atoms with van der Waals surface area (Å²) in [5, 5.41) is 4.91. The summed E-state index contributed by atoms with van der Waals surface area (Å²) < 4.78 is 41.3. The highest BCUT2D eigenvalue weighted by atomic mass is 19.4. The van der Waals surface area contributed by atoms with Crippen molar-refractivity contribution in [1.29, 1.82) is 0 Å². The number of piperidine rings is 1. The van der Waals surface area contributed by atoms with Crippen molar-refractivity contribution >= 4 is 35.2 Å². The van der Waals surface area contributed by atoms with Crippen LogP contribution in [0.5, 0.6) is 5.75 Å². The molecule has 35 heavy (non-hydrogen) atoms. The highest BCUT2D eigenvalue weighted by molar-refractivity contribution is 6.04. The van der Waals surface area contributed by atoms with Crippen LogP contribution in [0.1, 0.15) is 30.7 Å². The van der Waals surface area contributed by atoms with E-state index in [0.29, 0.717) is 25.9 Å². The fourth-order valence-electron chi connectivity index (χ4n) is 4.11. The minimum absolute atomic E-state index is 0.0115. The van der Waals surface area contributed by atoms with Crippen molar-refractivity contribution in [2.24, 2.45) is 11.7 Å². The summed E-state index contributed by atoms with van der Waals surface area (Å²) in [6.07, 6.45) is -4.31. The maximum atomic E-state index is 12.9. The zero-order valence-corrected chi connectivity index (χ0v) is 18.1. The number of H-pyrrole nitrogens is 1. The monoisotopic (exact) mass is 494 g/mol.